The average molecular weight is 336 g/mol. The Balaban J connectivity index is 2.07. The smallest absolute Gasteiger partial charge is 0.161 e. The molecule has 0 bridgehead atoms. The third-order valence-electron chi connectivity index (χ3n) is 3.26. The third kappa shape index (κ3) is 4.70. The highest BCUT2D eigenvalue weighted by molar-refractivity contribution is 6.32. The Morgan fingerprint density at radius 1 is 0.913 bits per heavy atom. The van der Waals surface area contributed by atoms with Gasteiger partial charge in [-0.2, -0.15) is 0 Å². The predicted molar refractivity (Wildman–Crippen MR) is 94.1 cm³/mol. The van der Waals surface area contributed by atoms with Gasteiger partial charge < -0.3 is 19.5 Å². The zero-order valence-electron chi connectivity index (χ0n) is 13.7. The van der Waals surface area contributed by atoms with Crippen molar-refractivity contribution in [1.82, 2.24) is 0 Å². The maximum absolute atomic E-state index is 6.13. The summed E-state index contributed by atoms with van der Waals surface area (Å²) in [4.78, 5) is 0. The Morgan fingerprint density at radius 3 is 2.26 bits per heavy atom. The van der Waals surface area contributed by atoms with Gasteiger partial charge in [-0.3, -0.25) is 0 Å². The molecule has 1 N–H and O–H groups in total. The second kappa shape index (κ2) is 8.53. The van der Waals surface area contributed by atoms with Gasteiger partial charge in [0.25, 0.3) is 0 Å². The van der Waals surface area contributed by atoms with Gasteiger partial charge in [0.05, 0.1) is 25.3 Å². The molecule has 4 nitrogen and oxygen atoms in total. The number of hydrogen-bond acceptors (Lipinski definition) is 4. The number of nitrogens with one attached hydrogen (secondary N) is 1. The van der Waals surface area contributed by atoms with Crippen LogP contribution in [-0.2, 0) is 6.54 Å². The largest absolute Gasteiger partial charge is 0.495 e. The molecule has 124 valence electrons. The normalized spacial score (nSPS) is 10.3. The molecule has 0 aliphatic carbocycles. The summed E-state index contributed by atoms with van der Waals surface area (Å²) in [6.07, 6.45) is 0. The minimum atomic E-state index is 0.583. The monoisotopic (exact) mass is 335 g/mol. The van der Waals surface area contributed by atoms with E-state index >= 15 is 0 Å². The number of hydrogen-bond donors (Lipinski definition) is 1. The molecule has 0 saturated carbocycles. The van der Waals surface area contributed by atoms with E-state index in [1.807, 2.05) is 50.2 Å². The molecule has 0 saturated heterocycles. The predicted octanol–water partition coefficient (Wildman–Crippen LogP) is 4.76. The standard InChI is InChI=1S/C18H22ClNO3/c1-4-22-17-8-6-13(10-18(17)23-5-2)12-20-14-7-9-16(21-3)15(19)11-14/h6-11,20H,4-5,12H2,1-3H3. The van der Waals surface area contributed by atoms with Crippen LogP contribution < -0.4 is 19.5 Å². The van der Waals surface area contributed by atoms with Crippen LogP contribution in [0.3, 0.4) is 0 Å². The Bertz CT molecular complexity index is 646. The van der Waals surface area contributed by atoms with Crippen LogP contribution >= 0.6 is 11.6 Å². The quantitative estimate of drug-likeness (QED) is 0.755. The van der Waals surface area contributed by atoms with Crippen LogP contribution in [-0.4, -0.2) is 20.3 Å². The van der Waals surface area contributed by atoms with Crippen LogP contribution in [0.5, 0.6) is 17.2 Å². The molecule has 0 heterocycles. The maximum atomic E-state index is 6.13. The fourth-order valence-corrected chi connectivity index (χ4v) is 2.44. The lowest BCUT2D eigenvalue weighted by Crippen LogP contribution is -2.02. The SMILES string of the molecule is CCOc1ccc(CNc2ccc(OC)c(Cl)c2)cc1OCC. The number of rotatable bonds is 8. The molecule has 0 fully saturated rings. The van der Waals surface area contributed by atoms with Crippen molar-refractivity contribution in [3.63, 3.8) is 0 Å². The number of methoxy groups -OCH3 is 1. The van der Waals surface area contributed by atoms with Gasteiger partial charge in [0.15, 0.2) is 11.5 Å². The molecule has 0 radical (unpaired) electrons. The zero-order valence-corrected chi connectivity index (χ0v) is 14.4. The first-order chi connectivity index (χ1) is 11.2. The van der Waals surface area contributed by atoms with E-state index in [9.17, 15) is 0 Å². The maximum Gasteiger partial charge on any atom is 0.161 e. The molecule has 0 aromatic heterocycles. The lowest BCUT2D eigenvalue weighted by Gasteiger charge is -2.13. The van der Waals surface area contributed by atoms with E-state index in [2.05, 4.69) is 5.32 Å². The van der Waals surface area contributed by atoms with Crippen LogP contribution in [0.2, 0.25) is 5.02 Å². The fraction of sp³-hybridized carbons (Fsp3) is 0.333. The molecule has 0 atom stereocenters. The Hall–Kier alpha value is -2.07. The summed E-state index contributed by atoms with van der Waals surface area (Å²) in [7, 11) is 1.60. The van der Waals surface area contributed by atoms with Gasteiger partial charge >= 0.3 is 0 Å². The fourth-order valence-electron chi connectivity index (χ4n) is 2.19. The second-order valence-corrected chi connectivity index (χ2v) is 5.26. The van der Waals surface area contributed by atoms with E-state index in [0.29, 0.717) is 30.5 Å². The molecule has 23 heavy (non-hydrogen) atoms. The van der Waals surface area contributed by atoms with Crippen molar-refractivity contribution < 1.29 is 14.2 Å². The molecule has 0 spiro atoms. The first kappa shape index (κ1) is 17.3. The van der Waals surface area contributed by atoms with Crippen LogP contribution in [0.4, 0.5) is 5.69 Å². The van der Waals surface area contributed by atoms with Gasteiger partial charge in [-0.15, -0.1) is 0 Å². The summed E-state index contributed by atoms with van der Waals surface area (Å²) in [5.74, 6) is 2.20. The van der Waals surface area contributed by atoms with Crippen molar-refractivity contribution in [2.75, 3.05) is 25.6 Å². The van der Waals surface area contributed by atoms with E-state index in [1.165, 1.54) is 0 Å². The van der Waals surface area contributed by atoms with Gasteiger partial charge in [-0.1, -0.05) is 17.7 Å². The first-order valence-corrected chi connectivity index (χ1v) is 8.01. The Labute approximate surface area is 142 Å². The van der Waals surface area contributed by atoms with Crippen LogP contribution in [0, 0.1) is 0 Å². The minimum Gasteiger partial charge on any atom is -0.495 e. The second-order valence-electron chi connectivity index (χ2n) is 4.85. The van der Waals surface area contributed by atoms with Gasteiger partial charge in [0.1, 0.15) is 5.75 Å². The van der Waals surface area contributed by atoms with Gasteiger partial charge in [-0.25, -0.2) is 0 Å². The van der Waals surface area contributed by atoms with Crippen molar-refractivity contribution in [2.45, 2.75) is 20.4 Å². The number of anilines is 1. The van der Waals surface area contributed by atoms with Gasteiger partial charge in [0.2, 0.25) is 0 Å². The van der Waals surface area contributed by atoms with E-state index in [0.717, 1.165) is 22.7 Å². The van der Waals surface area contributed by atoms with Gasteiger partial charge in [0, 0.05) is 12.2 Å². The average Bonchev–Trinajstić information content (AvgIpc) is 2.55. The Morgan fingerprint density at radius 2 is 1.61 bits per heavy atom. The molecule has 0 unspecified atom stereocenters. The summed E-state index contributed by atoms with van der Waals surface area (Å²) < 4.78 is 16.4. The van der Waals surface area contributed by atoms with Crippen molar-refractivity contribution in [3.05, 3.63) is 47.0 Å². The summed E-state index contributed by atoms with van der Waals surface area (Å²) in [5, 5.41) is 3.92. The highest BCUT2D eigenvalue weighted by Gasteiger charge is 2.07. The highest BCUT2D eigenvalue weighted by Crippen LogP contribution is 2.30. The van der Waals surface area contributed by atoms with Crippen LogP contribution in [0.1, 0.15) is 19.4 Å². The van der Waals surface area contributed by atoms with E-state index < -0.39 is 0 Å². The third-order valence-corrected chi connectivity index (χ3v) is 3.55. The van der Waals surface area contributed by atoms with Crippen LogP contribution in [0.25, 0.3) is 0 Å². The molecular formula is C18H22ClNO3. The molecule has 2 rings (SSSR count). The number of halogens is 1. The van der Waals surface area contributed by atoms with E-state index in [4.69, 9.17) is 25.8 Å². The van der Waals surface area contributed by atoms with Crippen molar-refractivity contribution in [3.8, 4) is 17.2 Å². The summed E-state index contributed by atoms with van der Waals surface area (Å²) in [6, 6.07) is 11.6. The molecule has 0 aliphatic rings. The zero-order chi connectivity index (χ0) is 16.7. The van der Waals surface area contributed by atoms with E-state index in [1.54, 1.807) is 7.11 Å². The topological polar surface area (TPSA) is 39.7 Å². The minimum absolute atomic E-state index is 0.583. The molecule has 0 aliphatic heterocycles. The van der Waals surface area contributed by atoms with Crippen LogP contribution in [0.15, 0.2) is 36.4 Å². The summed E-state index contributed by atoms with van der Waals surface area (Å²) in [5.41, 5.74) is 2.03. The lowest BCUT2D eigenvalue weighted by molar-refractivity contribution is 0.287. The van der Waals surface area contributed by atoms with Crippen molar-refractivity contribution >= 4 is 17.3 Å². The van der Waals surface area contributed by atoms with Crippen molar-refractivity contribution in [2.24, 2.45) is 0 Å². The Kier molecular flexibility index (Phi) is 6.41. The summed E-state index contributed by atoms with van der Waals surface area (Å²) in [6.45, 7) is 5.79. The number of ether oxygens (including phenoxy) is 3. The molecular weight excluding hydrogens is 314 g/mol. The number of benzene rings is 2. The first-order valence-electron chi connectivity index (χ1n) is 7.63. The molecule has 2 aromatic carbocycles. The van der Waals surface area contributed by atoms with E-state index in [-0.39, 0.29) is 0 Å². The molecule has 2 aromatic rings. The van der Waals surface area contributed by atoms with Crippen molar-refractivity contribution in [1.29, 1.82) is 0 Å². The summed E-state index contributed by atoms with van der Waals surface area (Å²) >= 11 is 6.13. The van der Waals surface area contributed by atoms with Gasteiger partial charge in [-0.05, 0) is 49.7 Å². The highest BCUT2D eigenvalue weighted by atomic mass is 35.5. The molecule has 0 amide bonds. The molecule has 5 heteroatoms. The lowest BCUT2D eigenvalue weighted by atomic mass is 10.2.